The van der Waals surface area contributed by atoms with Crippen molar-refractivity contribution < 1.29 is 33.8 Å². The third kappa shape index (κ3) is 5.45. The van der Waals surface area contributed by atoms with Crippen molar-refractivity contribution in [1.29, 1.82) is 0 Å². The number of esters is 2. The van der Waals surface area contributed by atoms with Crippen LogP contribution in [0.25, 0.3) is 5.57 Å². The van der Waals surface area contributed by atoms with E-state index in [4.69, 9.17) is 9.47 Å². The number of ether oxygens (including phenoxy) is 2. The number of rotatable bonds is 8. The summed E-state index contributed by atoms with van der Waals surface area (Å²) < 4.78 is 10.3. The summed E-state index contributed by atoms with van der Waals surface area (Å²) in [6, 6.07) is 10.1. The minimum atomic E-state index is -0.872. The minimum Gasteiger partial charge on any atom is -0.427 e. The van der Waals surface area contributed by atoms with Crippen molar-refractivity contribution >= 4 is 29.3 Å². The van der Waals surface area contributed by atoms with Crippen LogP contribution in [-0.4, -0.2) is 57.7 Å². The highest BCUT2D eigenvalue weighted by Gasteiger charge is 2.57. The Morgan fingerprint density at radius 3 is 2.53 bits per heavy atom. The van der Waals surface area contributed by atoms with Crippen LogP contribution in [0, 0.1) is 11.3 Å². The number of pyridine rings is 1. The molecule has 1 fully saturated rings. The molecule has 0 radical (unpaired) electrons. The Kier molecular flexibility index (Phi) is 7.63. The maximum absolute atomic E-state index is 13.1. The van der Waals surface area contributed by atoms with E-state index < -0.39 is 36.2 Å². The number of nitrogens with one attached hydrogen (secondary N) is 1. The second-order valence-electron chi connectivity index (χ2n) is 10.4. The normalized spacial score (nSPS) is 19.4. The fourth-order valence-corrected chi connectivity index (χ4v) is 4.59. The SMILES string of the molecule is C[C@@H](O)[C@H]1C(=O)N2C(C(=O)OCOC(=O)C(C)(C)C)=C(c3cccc(CNC(=O)c4ccncc4)c3)C[C@H]12. The van der Waals surface area contributed by atoms with Gasteiger partial charge in [0.1, 0.15) is 5.70 Å². The number of β-lactam (4-membered cyclic amide) rings is 1. The third-order valence-corrected chi connectivity index (χ3v) is 6.59. The Bertz CT molecular complexity index is 1280. The molecule has 2 amide bonds. The molecule has 10 nitrogen and oxygen atoms in total. The van der Waals surface area contributed by atoms with Gasteiger partial charge in [0.2, 0.25) is 12.7 Å². The highest BCUT2D eigenvalue weighted by molar-refractivity contribution is 6.06. The molecule has 2 aliphatic rings. The number of amides is 2. The summed E-state index contributed by atoms with van der Waals surface area (Å²) >= 11 is 0. The third-order valence-electron chi connectivity index (χ3n) is 6.59. The zero-order valence-electron chi connectivity index (χ0n) is 21.8. The molecule has 2 aliphatic heterocycles. The van der Waals surface area contributed by atoms with E-state index in [0.29, 0.717) is 23.1 Å². The molecule has 200 valence electrons. The molecule has 3 atom stereocenters. The molecular weight excluding hydrogens is 490 g/mol. The molecule has 3 heterocycles. The molecule has 10 heteroatoms. The van der Waals surface area contributed by atoms with Gasteiger partial charge in [0.25, 0.3) is 5.91 Å². The van der Waals surface area contributed by atoms with E-state index in [-0.39, 0.29) is 30.1 Å². The number of aromatic nitrogens is 1. The van der Waals surface area contributed by atoms with Gasteiger partial charge < -0.3 is 24.8 Å². The number of hydrogen-bond donors (Lipinski definition) is 2. The molecule has 0 spiro atoms. The Labute approximate surface area is 220 Å². The highest BCUT2D eigenvalue weighted by atomic mass is 16.7. The summed E-state index contributed by atoms with van der Waals surface area (Å²) in [6.45, 7) is 6.25. The molecule has 0 aliphatic carbocycles. The molecule has 0 unspecified atom stereocenters. The number of carbonyl (C=O) groups excluding carboxylic acids is 4. The average Bonchev–Trinajstić information content (AvgIpc) is 3.22. The zero-order valence-corrected chi connectivity index (χ0v) is 21.8. The zero-order chi connectivity index (χ0) is 27.6. The van der Waals surface area contributed by atoms with Crippen LogP contribution in [-0.2, 0) is 30.4 Å². The van der Waals surface area contributed by atoms with Gasteiger partial charge in [0.15, 0.2) is 0 Å². The van der Waals surface area contributed by atoms with Crippen molar-refractivity contribution in [2.24, 2.45) is 11.3 Å². The van der Waals surface area contributed by atoms with Gasteiger partial charge in [-0.25, -0.2) is 4.79 Å². The van der Waals surface area contributed by atoms with Gasteiger partial charge in [-0.05, 0) is 69.0 Å². The van der Waals surface area contributed by atoms with Crippen LogP contribution in [0.2, 0.25) is 0 Å². The van der Waals surface area contributed by atoms with Gasteiger partial charge in [-0.2, -0.15) is 0 Å². The number of carbonyl (C=O) groups is 4. The van der Waals surface area contributed by atoms with Crippen molar-refractivity contribution in [3.05, 3.63) is 71.2 Å². The van der Waals surface area contributed by atoms with Gasteiger partial charge in [0, 0.05) is 24.5 Å². The summed E-state index contributed by atoms with van der Waals surface area (Å²) in [6.07, 6.45) is 2.55. The van der Waals surface area contributed by atoms with Crippen LogP contribution < -0.4 is 5.32 Å². The maximum Gasteiger partial charge on any atom is 0.358 e. The Balaban J connectivity index is 1.55. The largest absolute Gasteiger partial charge is 0.427 e. The van der Waals surface area contributed by atoms with Crippen LogP contribution >= 0.6 is 0 Å². The number of fused-ring (bicyclic) bond motifs is 1. The van der Waals surface area contributed by atoms with Crippen LogP contribution in [0.5, 0.6) is 0 Å². The lowest BCUT2D eigenvalue weighted by Crippen LogP contribution is -2.61. The minimum absolute atomic E-state index is 0.0710. The van der Waals surface area contributed by atoms with Gasteiger partial charge in [-0.3, -0.25) is 19.4 Å². The predicted molar refractivity (Wildman–Crippen MR) is 136 cm³/mol. The fraction of sp³-hybridized carbons (Fsp3) is 0.393. The summed E-state index contributed by atoms with van der Waals surface area (Å²) in [5.74, 6) is -2.56. The van der Waals surface area contributed by atoms with Crippen molar-refractivity contribution in [1.82, 2.24) is 15.2 Å². The standard InChI is InChI=1S/C28H31N3O7/c1-16(32)22-21-13-20(23(31(21)25(22)34)26(35)37-15-38-27(36)28(2,3)4)19-7-5-6-17(12-19)14-30-24(33)18-8-10-29-11-9-18/h5-12,16,21-22,32H,13-15H2,1-4H3,(H,30,33)/t16-,21-,22-/m1/s1. The summed E-state index contributed by atoms with van der Waals surface area (Å²) in [4.78, 5) is 55.7. The highest BCUT2D eigenvalue weighted by Crippen LogP contribution is 2.47. The lowest BCUT2D eigenvalue weighted by molar-refractivity contribution is -0.175. The van der Waals surface area contributed by atoms with E-state index in [1.54, 1.807) is 45.9 Å². The lowest BCUT2D eigenvalue weighted by Gasteiger charge is -2.44. The molecule has 1 aromatic heterocycles. The monoisotopic (exact) mass is 521 g/mol. The number of hydrogen-bond acceptors (Lipinski definition) is 8. The first-order chi connectivity index (χ1) is 18.0. The molecule has 38 heavy (non-hydrogen) atoms. The van der Waals surface area contributed by atoms with Crippen LogP contribution in [0.15, 0.2) is 54.5 Å². The number of benzene rings is 1. The molecular formula is C28H31N3O7. The molecule has 0 saturated carbocycles. The van der Waals surface area contributed by atoms with E-state index in [0.717, 1.165) is 5.56 Å². The van der Waals surface area contributed by atoms with Crippen molar-refractivity contribution in [2.75, 3.05) is 6.79 Å². The van der Waals surface area contributed by atoms with E-state index in [1.807, 2.05) is 18.2 Å². The quantitative estimate of drug-likeness (QED) is 0.307. The van der Waals surface area contributed by atoms with Crippen molar-refractivity contribution in [2.45, 2.75) is 52.8 Å². The first-order valence-electron chi connectivity index (χ1n) is 12.3. The smallest absolute Gasteiger partial charge is 0.358 e. The number of nitrogens with zero attached hydrogens (tertiary/aromatic N) is 2. The van der Waals surface area contributed by atoms with Gasteiger partial charge >= 0.3 is 11.9 Å². The summed E-state index contributed by atoms with van der Waals surface area (Å²) in [7, 11) is 0. The fourth-order valence-electron chi connectivity index (χ4n) is 4.59. The molecule has 0 bridgehead atoms. The molecule has 1 aromatic carbocycles. The van der Waals surface area contributed by atoms with Gasteiger partial charge in [-0.15, -0.1) is 0 Å². The maximum atomic E-state index is 13.1. The van der Waals surface area contributed by atoms with E-state index in [2.05, 4.69) is 10.3 Å². The summed E-state index contributed by atoms with van der Waals surface area (Å²) in [5.41, 5.74) is 1.85. The van der Waals surface area contributed by atoms with Crippen molar-refractivity contribution in [3.8, 4) is 0 Å². The Morgan fingerprint density at radius 1 is 1.16 bits per heavy atom. The molecule has 2 N–H and O–H groups in total. The van der Waals surface area contributed by atoms with Crippen LogP contribution in [0.3, 0.4) is 0 Å². The Morgan fingerprint density at radius 2 is 1.87 bits per heavy atom. The van der Waals surface area contributed by atoms with Crippen molar-refractivity contribution in [3.63, 3.8) is 0 Å². The topological polar surface area (TPSA) is 135 Å². The van der Waals surface area contributed by atoms with E-state index in [9.17, 15) is 24.3 Å². The van der Waals surface area contributed by atoms with Gasteiger partial charge in [-0.1, -0.05) is 18.2 Å². The molecule has 4 rings (SSSR count). The van der Waals surface area contributed by atoms with E-state index >= 15 is 0 Å². The number of aliphatic hydroxyl groups excluding tert-OH is 1. The molecule has 1 saturated heterocycles. The van der Waals surface area contributed by atoms with Crippen LogP contribution in [0.1, 0.15) is 55.6 Å². The Hall–Kier alpha value is -4.05. The first kappa shape index (κ1) is 27.0. The van der Waals surface area contributed by atoms with Crippen LogP contribution in [0.4, 0.5) is 0 Å². The second kappa shape index (κ2) is 10.7. The number of aliphatic hydroxyl groups is 1. The van der Waals surface area contributed by atoms with Gasteiger partial charge in [0.05, 0.1) is 23.5 Å². The summed E-state index contributed by atoms with van der Waals surface area (Å²) in [5, 5.41) is 13.0. The second-order valence-corrected chi connectivity index (χ2v) is 10.4. The average molecular weight is 522 g/mol. The molecule has 2 aromatic rings. The predicted octanol–water partition coefficient (Wildman–Crippen LogP) is 2.42. The lowest BCUT2D eigenvalue weighted by atomic mass is 9.82. The van der Waals surface area contributed by atoms with E-state index in [1.165, 1.54) is 17.3 Å². The first-order valence-corrected chi connectivity index (χ1v) is 12.3.